The predicted molar refractivity (Wildman–Crippen MR) is 135 cm³/mol. The molecule has 0 amide bonds. The van der Waals surface area contributed by atoms with Crippen LogP contribution in [-0.2, 0) is 10.0 Å². The summed E-state index contributed by atoms with van der Waals surface area (Å²) < 4.78 is 27.6. The number of piperazine rings is 1. The number of rotatable bonds is 6. The van der Waals surface area contributed by atoms with E-state index in [1.807, 2.05) is 37.5 Å². The minimum absolute atomic E-state index is 0.264. The molecule has 9 heteroatoms. The summed E-state index contributed by atoms with van der Waals surface area (Å²) in [6, 6.07) is 15.0. The summed E-state index contributed by atoms with van der Waals surface area (Å²) in [4.78, 5) is 14.4. The number of benzene rings is 2. The first-order valence-electron chi connectivity index (χ1n) is 11.1. The van der Waals surface area contributed by atoms with E-state index in [1.54, 1.807) is 36.7 Å². The second kappa shape index (κ2) is 9.38. The molecule has 0 unspecified atom stereocenters. The zero-order valence-electron chi connectivity index (χ0n) is 18.8. The summed E-state index contributed by atoms with van der Waals surface area (Å²) in [6.07, 6.45) is 9.39. The lowest BCUT2D eigenvalue weighted by Gasteiger charge is -2.31. The van der Waals surface area contributed by atoms with Crippen molar-refractivity contribution >= 4 is 44.7 Å². The minimum atomic E-state index is -3.54. The Morgan fingerprint density at radius 3 is 2.53 bits per heavy atom. The van der Waals surface area contributed by atoms with Gasteiger partial charge >= 0.3 is 0 Å². The first-order chi connectivity index (χ1) is 16.5. The van der Waals surface area contributed by atoms with E-state index in [0.29, 0.717) is 24.7 Å². The molecule has 5 rings (SSSR count). The molecule has 1 aliphatic heterocycles. The number of aromatic nitrogens is 3. The van der Waals surface area contributed by atoms with Gasteiger partial charge in [0, 0.05) is 66.9 Å². The maximum Gasteiger partial charge on any atom is 0.243 e. The molecule has 0 saturated carbocycles. The second-order valence-corrected chi connectivity index (χ2v) is 10.3. The molecule has 3 heterocycles. The lowest BCUT2D eigenvalue weighted by Crippen LogP contribution is -2.47. The van der Waals surface area contributed by atoms with Crippen LogP contribution in [0.25, 0.3) is 23.1 Å². The van der Waals surface area contributed by atoms with Gasteiger partial charge < -0.3 is 15.2 Å². The molecular formula is C25H26N6O2S. The van der Waals surface area contributed by atoms with Crippen molar-refractivity contribution in [1.82, 2.24) is 24.2 Å². The number of hydrogen-bond acceptors (Lipinski definition) is 6. The number of anilines is 2. The number of nitrogens with zero attached hydrogens (tertiary/aromatic N) is 4. The number of hydrogen-bond donors (Lipinski definition) is 2. The van der Waals surface area contributed by atoms with E-state index in [2.05, 4.69) is 37.3 Å². The highest BCUT2D eigenvalue weighted by Gasteiger charge is 2.27. The summed E-state index contributed by atoms with van der Waals surface area (Å²) in [5, 5.41) is 4.26. The van der Waals surface area contributed by atoms with Crippen molar-refractivity contribution in [2.24, 2.45) is 0 Å². The third-order valence-electron chi connectivity index (χ3n) is 5.95. The fourth-order valence-corrected chi connectivity index (χ4v) is 5.44. The van der Waals surface area contributed by atoms with Gasteiger partial charge in [-0.05, 0) is 42.9 Å². The van der Waals surface area contributed by atoms with E-state index < -0.39 is 10.0 Å². The molecule has 34 heavy (non-hydrogen) atoms. The third kappa shape index (κ3) is 4.72. The van der Waals surface area contributed by atoms with E-state index >= 15 is 0 Å². The topological polar surface area (TPSA) is 94.2 Å². The average molecular weight is 475 g/mol. The summed E-state index contributed by atoms with van der Waals surface area (Å²) in [5.41, 5.74) is 3.69. The van der Waals surface area contributed by atoms with E-state index in [1.165, 1.54) is 4.31 Å². The number of H-pyrrole nitrogens is 1. The Balaban J connectivity index is 1.28. The molecule has 0 bridgehead atoms. The monoisotopic (exact) mass is 474 g/mol. The Hall–Kier alpha value is -3.53. The smallest absolute Gasteiger partial charge is 0.243 e. The molecule has 1 fully saturated rings. The highest BCUT2D eigenvalue weighted by molar-refractivity contribution is 7.89. The van der Waals surface area contributed by atoms with E-state index in [4.69, 9.17) is 0 Å². The van der Waals surface area contributed by atoms with Crippen molar-refractivity contribution in [3.8, 4) is 0 Å². The third-order valence-corrected chi connectivity index (χ3v) is 7.84. The summed E-state index contributed by atoms with van der Waals surface area (Å²) >= 11 is 0. The van der Waals surface area contributed by atoms with Gasteiger partial charge in [-0.25, -0.2) is 18.4 Å². The van der Waals surface area contributed by atoms with Crippen LogP contribution in [0.2, 0.25) is 0 Å². The highest BCUT2D eigenvalue weighted by atomic mass is 32.2. The van der Waals surface area contributed by atoms with E-state index in [-0.39, 0.29) is 4.90 Å². The molecule has 0 radical (unpaired) electrons. The molecular weight excluding hydrogens is 448 g/mol. The van der Waals surface area contributed by atoms with Gasteiger partial charge in [-0.3, -0.25) is 0 Å². The van der Waals surface area contributed by atoms with Gasteiger partial charge in [0.05, 0.1) is 4.90 Å². The second-order valence-electron chi connectivity index (χ2n) is 8.32. The quantitative estimate of drug-likeness (QED) is 0.441. The molecule has 8 nitrogen and oxygen atoms in total. The van der Waals surface area contributed by atoms with Crippen LogP contribution in [0.3, 0.4) is 0 Å². The van der Waals surface area contributed by atoms with E-state index in [0.717, 1.165) is 35.1 Å². The molecule has 0 atom stereocenters. The standard InChI is InChI=1S/C25H26N6O2S/c1-30-12-14-31(15-13-30)34(32,33)22-6-3-5-21(16-22)29-25-27-17-19(18-28-25)8-9-20-4-2-7-24-23(20)10-11-26-24/h2-11,16-18,26H,12-15H2,1H3,(H,27,28,29)/b9-8+. The van der Waals surface area contributed by atoms with Crippen LogP contribution < -0.4 is 5.32 Å². The van der Waals surface area contributed by atoms with Crippen molar-refractivity contribution in [3.05, 3.63) is 78.2 Å². The molecule has 0 spiro atoms. The first kappa shape index (κ1) is 22.3. The van der Waals surface area contributed by atoms with Crippen molar-refractivity contribution < 1.29 is 8.42 Å². The molecule has 2 aromatic carbocycles. The zero-order chi connectivity index (χ0) is 23.5. The maximum absolute atomic E-state index is 13.0. The zero-order valence-corrected chi connectivity index (χ0v) is 19.7. The van der Waals surface area contributed by atoms with Crippen molar-refractivity contribution in [3.63, 3.8) is 0 Å². The van der Waals surface area contributed by atoms with E-state index in [9.17, 15) is 8.42 Å². The molecule has 2 N–H and O–H groups in total. The fraction of sp³-hybridized carbons (Fsp3) is 0.200. The highest BCUT2D eigenvalue weighted by Crippen LogP contribution is 2.23. The Morgan fingerprint density at radius 2 is 1.74 bits per heavy atom. The maximum atomic E-state index is 13.0. The molecule has 0 aliphatic carbocycles. The molecule has 2 aromatic heterocycles. The van der Waals surface area contributed by atoms with Gasteiger partial charge in [-0.15, -0.1) is 0 Å². The molecule has 1 saturated heterocycles. The van der Waals surface area contributed by atoms with Gasteiger partial charge in [0.25, 0.3) is 0 Å². The van der Waals surface area contributed by atoms with Crippen molar-refractivity contribution in [1.29, 1.82) is 0 Å². The SMILES string of the molecule is CN1CCN(S(=O)(=O)c2cccc(Nc3ncc(/C=C/c4cccc5[nH]ccc45)cn3)c2)CC1. The Morgan fingerprint density at radius 1 is 0.971 bits per heavy atom. The summed E-state index contributed by atoms with van der Waals surface area (Å²) in [6.45, 7) is 2.44. The lowest BCUT2D eigenvalue weighted by molar-refractivity contribution is 0.222. The van der Waals surface area contributed by atoms with Crippen molar-refractivity contribution in [2.45, 2.75) is 4.90 Å². The number of nitrogens with one attached hydrogen (secondary N) is 2. The fourth-order valence-electron chi connectivity index (χ4n) is 3.97. The Bertz CT molecular complexity index is 1420. The van der Waals surface area contributed by atoms with Gasteiger partial charge in [0.2, 0.25) is 16.0 Å². The van der Waals surface area contributed by atoms with Gasteiger partial charge in [0.1, 0.15) is 0 Å². The number of fused-ring (bicyclic) bond motifs is 1. The van der Waals surface area contributed by atoms with Gasteiger partial charge in [-0.1, -0.05) is 30.4 Å². The number of aromatic amines is 1. The summed E-state index contributed by atoms with van der Waals surface area (Å²) in [5.74, 6) is 0.402. The largest absolute Gasteiger partial charge is 0.361 e. The Labute approximate surface area is 199 Å². The Kier molecular flexibility index (Phi) is 6.14. The lowest BCUT2D eigenvalue weighted by atomic mass is 10.1. The summed E-state index contributed by atoms with van der Waals surface area (Å²) in [7, 11) is -1.54. The minimum Gasteiger partial charge on any atom is -0.361 e. The van der Waals surface area contributed by atoms with Crippen LogP contribution in [0.5, 0.6) is 0 Å². The molecule has 4 aromatic rings. The van der Waals surface area contributed by atoms with Crippen molar-refractivity contribution in [2.75, 3.05) is 38.5 Å². The van der Waals surface area contributed by atoms with Crippen LogP contribution >= 0.6 is 0 Å². The van der Waals surface area contributed by atoms with Crippen LogP contribution in [0.4, 0.5) is 11.6 Å². The number of sulfonamides is 1. The van der Waals surface area contributed by atoms with Crippen LogP contribution in [0.1, 0.15) is 11.1 Å². The molecule has 174 valence electrons. The van der Waals surface area contributed by atoms with Crippen LogP contribution in [0, 0.1) is 0 Å². The van der Waals surface area contributed by atoms with Crippen LogP contribution in [0.15, 0.2) is 72.0 Å². The normalized spacial score (nSPS) is 15.8. The average Bonchev–Trinajstić information content (AvgIpc) is 3.34. The van der Waals surface area contributed by atoms with Gasteiger partial charge in [0.15, 0.2) is 0 Å². The molecule has 1 aliphatic rings. The first-order valence-corrected chi connectivity index (χ1v) is 12.5. The van der Waals surface area contributed by atoms with Crippen LogP contribution in [-0.4, -0.2) is 65.8 Å². The van der Waals surface area contributed by atoms with Gasteiger partial charge in [-0.2, -0.15) is 4.31 Å². The number of likely N-dealkylation sites (N-methyl/N-ethyl adjacent to an activating group) is 1. The predicted octanol–water partition coefficient (Wildman–Crippen LogP) is 3.81.